The van der Waals surface area contributed by atoms with Gasteiger partial charge in [-0.05, 0) is 67.3 Å². The summed E-state index contributed by atoms with van der Waals surface area (Å²) >= 11 is 0. The molecule has 0 spiro atoms. The van der Waals surface area contributed by atoms with E-state index in [2.05, 4.69) is 108 Å². The van der Waals surface area contributed by atoms with Crippen LogP contribution in [0, 0.1) is 0 Å². The Labute approximate surface area is 293 Å². The summed E-state index contributed by atoms with van der Waals surface area (Å²) in [7, 11) is 0. The summed E-state index contributed by atoms with van der Waals surface area (Å²) in [5.41, 5.74) is 7.67. The van der Waals surface area contributed by atoms with Crippen LogP contribution in [0.5, 0.6) is 17.2 Å². The van der Waals surface area contributed by atoms with Crippen LogP contribution in [0.25, 0.3) is 0 Å². The Bertz CT molecular complexity index is 1790. The van der Waals surface area contributed by atoms with Crippen LogP contribution in [-0.4, -0.2) is 15.3 Å². The van der Waals surface area contributed by atoms with Crippen LogP contribution in [0.1, 0.15) is 112 Å². The molecule has 5 rings (SSSR count). The van der Waals surface area contributed by atoms with Crippen molar-refractivity contribution in [1.29, 1.82) is 0 Å². The SMILES string of the molecule is CC(C)(C)c1cc(Cc2cc(C(C)(C)C)cc(C[n+]3ccccc3)c2O)c(O)c(Cc2cc(C(C)(C)C)cc(C[n+]3ccccc3)c2O)c1. The zero-order chi connectivity index (χ0) is 35.7. The van der Waals surface area contributed by atoms with Crippen LogP contribution in [0.3, 0.4) is 0 Å². The first-order valence-electron chi connectivity index (χ1n) is 17.3. The molecule has 5 nitrogen and oxygen atoms in total. The molecule has 0 aliphatic rings. The number of nitrogens with zero attached hydrogens (tertiary/aromatic N) is 2. The third-order valence-electron chi connectivity index (χ3n) is 9.42. The Kier molecular flexibility index (Phi) is 9.97. The lowest BCUT2D eigenvalue weighted by Gasteiger charge is -2.25. The van der Waals surface area contributed by atoms with Crippen molar-refractivity contribution in [2.75, 3.05) is 0 Å². The zero-order valence-electron chi connectivity index (χ0n) is 30.8. The zero-order valence-corrected chi connectivity index (χ0v) is 30.8. The number of rotatable bonds is 8. The summed E-state index contributed by atoms with van der Waals surface area (Å²) in [4.78, 5) is 0. The highest BCUT2D eigenvalue weighted by atomic mass is 16.3. The molecule has 0 saturated heterocycles. The van der Waals surface area contributed by atoms with Crippen LogP contribution in [-0.2, 0) is 42.2 Å². The lowest BCUT2D eigenvalue weighted by molar-refractivity contribution is -0.688. The summed E-state index contributed by atoms with van der Waals surface area (Å²) in [6, 6.07) is 24.5. The third kappa shape index (κ3) is 8.51. The fourth-order valence-corrected chi connectivity index (χ4v) is 6.24. The number of hydrogen-bond acceptors (Lipinski definition) is 3. The second kappa shape index (κ2) is 13.7. The molecule has 0 aliphatic carbocycles. The molecular formula is C44H54N2O3+2. The highest BCUT2D eigenvalue weighted by Gasteiger charge is 2.26. The van der Waals surface area contributed by atoms with E-state index in [-0.39, 0.29) is 33.5 Å². The number of hydrogen-bond donors (Lipinski definition) is 3. The van der Waals surface area contributed by atoms with Crippen LogP contribution < -0.4 is 9.13 Å². The van der Waals surface area contributed by atoms with Gasteiger partial charge in [0, 0.05) is 37.1 Å². The van der Waals surface area contributed by atoms with Gasteiger partial charge in [0.2, 0.25) is 0 Å². The second-order valence-electron chi connectivity index (χ2n) is 16.6. The van der Waals surface area contributed by atoms with Crippen molar-refractivity contribution in [3.63, 3.8) is 0 Å². The average Bonchev–Trinajstić information content (AvgIpc) is 3.02. The molecule has 256 valence electrons. The molecule has 2 heterocycles. The minimum Gasteiger partial charge on any atom is -0.507 e. The molecule has 5 aromatic rings. The van der Waals surface area contributed by atoms with E-state index in [0.29, 0.717) is 25.9 Å². The van der Waals surface area contributed by atoms with Gasteiger partial charge >= 0.3 is 0 Å². The van der Waals surface area contributed by atoms with Gasteiger partial charge in [-0.1, -0.05) is 98.7 Å². The van der Waals surface area contributed by atoms with Gasteiger partial charge in [0.05, 0.1) is 11.1 Å². The fourth-order valence-electron chi connectivity index (χ4n) is 6.24. The molecule has 49 heavy (non-hydrogen) atoms. The molecule has 2 aromatic heterocycles. The van der Waals surface area contributed by atoms with Crippen LogP contribution >= 0.6 is 0 Å². The van der Waals surface area contributed by atoms with Gasteiger partial charge in [-0.15, -0.1) is 0 Å². The standard InChI is InChI=1S/C44H52N2O3/c1-42(2,3)36-22-30(20-32-24-37(43(4,5)6)26-34(40(32)48)28-45-16-12-10-13-17-45)39(47)31(23-36)21-33-25-38(44(7,8)9)27-35(41(33)49)29-46-18-14-11-15-19-46/h10-19,22-27H,20-21,28-29H2,1-9H3,(H-2,47,48,49)/p+2. The van der Waals surface area contributed by atoms with E-state index in [9.17, 15) is 15.3 Å². The third-order valence-corrected chi connectivity index (χ3v) is 9.42. The highest BCUT2D eigenvalue weighted by molar-refractivity contribution is 5.55. The Morgan fingerprint density at radius 3 is 0.898 bits per heavy atom. The fraction of sp³-hybridized carbons (Fsp3) is 0.364. The van der Waals surface area contributed by atoms with Crippen LogP contribution in [0.15, 0.2) is 97.6 Å². The summed E-state index contributed by atoms with van der Waals surface area (Å²) in [5, 5.41) is 35.4. The van der Waals surface area contributed by atoms with Gasteiger partial charge in [-0.25, -0.2) is 9.13 Å². The first-order valence-corrected chi connectivity index (χ1v) is 17.3. The van der Waals surface area contributed by atoms with Gasteiger partial charge in [0.1, 0.15) is 17.2 Å². The van der Waals surface area contributed by atoms with E-state index in [1.165, 1.54) is 0 Å². The molecule has 0 bridgehead atoms. The molecule has 0 atom stereocenters. The van der Waals surface area contributed by atoms with E-state index in [1.807, 2.05) is 61.2 Å². The molecule has 0 unspecified atom stereocenters. The molecule has 0 fully saturated rings. The highest BCUT2D eigenvalue weighted by Crippen LogP contribution is 2.39. The maximum absolute atomic E-state index is 12.0. The largest absolute Gasteiger partial charge is 0.507 e. The Balaban J connectivity index is 1.61. The summed E-state index contributed by atoms with van der Waals surface area (Å²) < 4.78 is 4.12. The van der Waals surface area contributed by atoms with Crippen LogP contribution in [0.2, 0.25) is 0 Å². The second-order valence-corrected chi connectivity index (χ2v) is 16.6. The van der Waals surface area contributed by atoms with Crippen LogP contribution in [0.4, 0.5) is 0 Å². The van der Waals surface area contributed by atoms with Crippen molar-refractivity contribution in [2.45, 2.75) is 104 Å². The van der Waals surface area contributed by atoms with E-state index < -0.39 is 0 Å². The van der Waals surface area contributed by atoms with E-state index in [1.54, 1.807) is 0 Å². The minimum atomic E-state index is -0.188. The number of benzene rings is 3. The predicted molar refractivity (Wildman–Crippen MR) is 198 cm³/mol. The molecule has 0 amide bonds. The Morgan fingerprint density at radius 2 is 0.633 bits per heavy atom. The smallest absolute Gasteiger partial charge is 0.177 e. The van der Waals surface area contributed by atoms with E-state index >= 15 is 0 Å². The molecule has 3 aromatic carbocycles. The molecule has 0 radical (unpaired) electrons. The average molecular weight is 659 g/mol. The number of aromatic hydroxyl groups is 3. The van der Waals surface area contributed by atoms with Crippen molar-refractivity contribution < 1.29 is 24.5 Å². The molecular weight excluding hydrogens is 604 g/mol. The maximum atomic E-state index is 12.0. The minimum absolute atomic E-state index is 0.135. The van der Waals surface area contributed by atoms with Gasteiger partial charge in [0.25, 0.3) is 0 Å². The number of pyridine rings is 2. The number of phenols is 3. The van der Waals surface area contributed by atoms with Gasteiger partial charge in [-0.3, -0.25) is 0 Å². The van der Waals surface area contributed by atoms with Crippen molar-refractivity contribution in [1.82, 2.24) is 0 Å². The Morgan fingerprint density at radius 1 is 0.388 bits per heavy atom. The molecule has 0 aliphatic heterocycles. The number of phenolic OH excluding ortho intramolecular Hbond substituents is 3. The maximum Gasteiger partial charge on any atom is 0.177 e. The first-order chi connectivity index (χ1) is 22.9. The quantitative estimate of drug-likeness (QED) is 0.146. The van der Waals surface area contributed by atoms with Gasteiger partial charge in [0.15, 0.2) is 37.9 Å². The van der Waals surface area contributed by atoms with Gasteiger partial charge in [-0.2, -0.15) is 0 Å². The lowest BCUT2D eigenvalue weighted by Crippen LogP contribution is -2.33. The monoisotopic (exact) mass is 658 g/mol. The Hall–Kier alpha value is -4.64. The predicted octanol–water partition coefficient (Wildman–Crippen LogP) is 8.55. The lowest BCUT2D eigenvalue weighted by atomic mass is 9.81. The topological polar surface area (TPSA) is 68.5 Å². The molecule has 5 heteroatoms. The molecule has 0 saturated carbocycles. The van der Waals surface area contributed by atoms with Crippen molar-refractivity contribution in [3.8, 4) is 17.2 Å². The van der Waals surface area contributed by atoms with Gasteiger partial charge < -0.3 is 15.3 Å². The number of aromatic nitrogens is 2. The van der Waals surface area contributed by atoms with E-state index in [0.717, 1.165) is 50.1 Å². The van der Waals surface area contributed by atoms with Crippen molar-refractivity contribution >= 4 is 0 Å². The van der Waals surface area contributed by atoms with E-state index in [4.69, 9.17) is 0 Å². The van der Waals surface area contributed by atoms with Crippen molar-refractivity contribution in [3.05, 3.63) is 148 Å². The van der Waals surface area contributed by atoms with Crippen molar-refractivity contribution in [2.24, 2.45) is 0 Å². The summed E-state index contributed by atoms with van der Waals surface area (Å²) in [6.07, 6.45) is 8.75. The summed E-state index contributed by atoms with van der Waals surface area (Å²) in [6.45, 7) is 20.7. The normalized spacial score (nSPS) is 12.3. The molecule has 3 N–H and O–H groups in total. The first kappa shape index (κ1) is 35.7. The summed E-state index contributed by atoms with van der Waals surface area (Å²) in [5.74, 6) is 0.710.